The van der Waals surface area contributed by atoms with Gasteiger partial charge in [0.25, 0.3) is 5.91 Å². The Balaban J connectivity index is 1.86. The molecule has 0 saturated carbocycles. The van der Waals surface area contributed by atoms with Gasteiger partial charge in [0.15, 0.2) is 0 Å². The van der Waals surface area contributed by atoms with Crippen LogP contribution in [0.2, 0.25) is 5.02 Å². The Bertz CT molecular complexity index is 1120. The standard InChI is InChI=1S/C22H22ClN3O2/c1-13-6-9-18-16(11-13)20(26-10-4-5-19(26)27)21(25(18)3)22(28)24-17-8-7-15(23)12-14(17)2/h6-9,11-12H,4-5,10H2,1-3H3,(H,24,28). The maximum absolute atomic E-state index is 13.3. The van der Waals surface area contributed by atoms with Gasteiger partial charge in [-0.3, -0.25) is 9.59 Å². The van der Waals surface area contributed by atoms with Crippen LogP contribution in [-0.2, 0) is 11.8 Å². The number of nitrogens with one attached hydrogen (secondary N) is 1. The lowest BCUT2D eigenvalue weighted by Crippen LogP contribution is -2.27. The molecule has 0 atom stereocenters. The highest BCUT2D eigenvalue weighted by Gasteiger charge is 2.31. The van der Waals surface area contributed by atoms with E-state index in [9.17, 15) is 9.59 Å². The van der Waals surface area contributed by atoms with E-state index in [1.807, 2.05) is 49.7 Å². The van der Waals surface area contributed by atoms with Crippen LogP contribution in [0, 0.1) is 13.8 Å². The number of aryl methyl sites for hydroxylation is 3. The second-order valence-corrected chi connectivity index (χ2v) is 7.78. The van der Waals surface area contributed by atoms with Crippen LogP contribution < -0.4 is 10.2 Å². The van der Waals surface area contributed by atoms with Crippen LogP contribution >= 0.6 is 11.6 Å². The molecule has 1 aliphatic heterocycles. The molecule has 0 unspecified atom stereocenters. The lowest BCUT2D eigenvalue weighted by atomic mass is 10.1. The van der Waals surface area contributed by atoms with E-state index >= 15 is 0 Å². The van der Waals surface area contributed by atoms with Gasteiger partial charge >= 0.3 is 0 Å². The van der Waals surface area contributed by atoms with Gasteiger partial charge in [-0.15, -0.1) is 0 Å². The quantitative estimate of drug-likeness (QED) is 0.690. The molecule has 0 spiro atoms. The van der Waals surface area contributed by atoms with E-state index in [2.05, 4.69) is 5.32 Å². The van der Waals surface area contributed by atoms with E-state index in [1.165, 1.54) is 0 Å². The maximum Gasteiger partial charge on any atom is 0.274 e. The second kappa shape index (κ2) is 6.99. The molecular formula is C22H22ClN3O2. The topological polar surface area (TPSA) is 54.3 Å². The molecule has 2 aromatic carbocycles. The molecule has 6 heteroatoms. The molecule has 2 heterocycles. The number of fused-ring (bicyclic) bond motifs is 1. The van der Waals surface area contributed by atoms with E-state index in [4.69, 9.17) is 11.6 Å². The molecule has 0 aliphatic carbocycles. The molecule has 144 valence electrons. The lowest BCUT2D eigenvalue weighted by Gasteiger charge is -2.18. The number of amides is 2. The van der Waals surface area contributed by atoms with Crippen LogP contribution in [0.3, 0.4) is 0 Å². The summed E-state index contributed by atoms with van der Waals surface area (Å²) in [6, 6.07) is 11.4. The van der Waals surface area contributed by atoms with Crippen LogP contribution in [0.1, 0.15) is 34.5 Å². The molecule has 1 saturated heterocycles. The zero-order chi connectivity index (χ0) is 20.0. The van der Waals surface area contributed by atoms with Crippen molar-refractivity contribution in [3.8, 4) is 0 Å². The van der Waals surface area contributed by atoms with Crippen molar-refractivity contribution < 1.29 is 9.59 Å². The third-order valence-electron chi connectivity index (χ3n) is 5.32. The zero-order valence-corrected chi connectivity index (χ0v) is 16.9. The van der Waals surface area contributed by atoms with E-state index < -0.39 is 0 Å². The molecule has 1 aliphatic rings. The molecule has 3 aromatic rings. The second-order valence-electron chi connectivity index (χ2n) is 7.34. The number of nitrogens with zero attached hydrogens (tertiary/aromatic N) is 2. The first kappa shape index (κ1) is 18.6. The summed E-state index contributed by atoms with van der Waals surface area (Å²) in [4.78, 5) is 27.6. The van der Waals surface area contributed by atoms with Crippen LogP contribution in [-0.4, -0.2) is 22.9 Å². The van der Waals surface area contributed by atoms with Crippen molar-refractivity contribution >= 4 is 45.7 Å². The minimum absolute atomic E-state index is 0.0609. The van der Waals surface area contributed by atoms with Crippen LogP contribution in [0.25, 0.3) is 10.9 Å². The van der Waals surface area contributed by atoms with Gasteiger partial charge in [-0.1, -0.05) is 23.2 Å². The Kier molecular flexibility index (Phi) is 4.63. The average molecular weight is 396 g/mol. The number of anilines is 2. The van der Waals surface area contributed by atoms with Crippen molar-refractivity contribution in [3.63, 3.8) is 0 Å². The molecule has 1 fully saturated rings. The molecular weight excluding hydrogens is 374 g/mol. The van der Waals surface area contributed by atoms with Gasteiger partial charge in [0.1, 0.15) is 5.69 Å². The van der Waals surface area contributed by atoms with Crippen molar-refractivity contribution in [2.45, 2.75) is 26.7 Å². The lowest BCUT2D eigenvalue weighted by molar-refractivity contribution is -0.117. The van der Waals surface area contributed by atoms with Crippen molar-refractivity contribution in [1.29, 1.82) is 0 Å². The van der Waals surface area contributed by atoms with Gasteiger partial charge in [-0.2, -0.15) is 0 Å². The third-order valence-corrected chi connectivity index (χ3v) is 5.56. The monoisotopic (exact) mass is 395 g/mol. The van der Waals surface area contributed by atoms with Crippen molar-refractivity contribution in [2.75, 3.05) is 16.8 Å². The van der Waals surface area contributed by atoms with Crippen molar-refractivity contribution in [3.05, 3.63) is 58.2 Å². The number of carbonyl (C=O) groups is 2. The fraction of sp³-hybridized carbons (Fsp3) is 0.273. The first-order chi connectivity index (χ1) is 13.4. The van der Waals surface area contributed by atoms with E-state index in [1.54, 1.807) is 17.0 Å². The van der Waals surface area contributed by atoms with Gasteiger partial charge in [0.2, 0.25) is 5.91 Å². The summed E-state index contributed by atoms with van der Waals surface area (Å²) in [5, 5.41) is 4.54. The fourth-order valence-corrected chi connectivity index (χ4v) is 4.13. The number of rotatable bonds is 3. The minimum atomic E-state index is -0.239. The van der Waals surface area contributed by atoms with Crippen LogP contribution in [0.4, 0.5) is 11.4 Å². The summed E-state index contributed by atoms with van der Waals surface area (Å²) in [5.74, 6) is -0.179. The van der Waals surface area contributed by atoms with E-state index in [-0.39, 0.29) is 11.8 Å². The summed E-state index contributed by atoms with van der Waals surface area (Å²) < 4.78 is 1.87. The predicted molar refractivity (Wildman–Crippen MR) is 113 cm³/mol. The third kappa shape index (κ3) is 3.06. The average Bonchev–Trinajstić information content (AvgIpc) is 3.18. The summed E-state index contributed by atoms with van der Waals surface area (Å²) in [7, 11) is 1.87. The number of carbonyl (C=O) groups excluding carboxylic acids is 2. The largest absolute Gasteiger partial charge is 0.338 e. The molecule has 1 N–H and O–H groups in total. The SMILES string of the molecule is Cc1ccc2c(c1)c(N1CCCC1=O)c(C(=O)Nc1ccc(Cl)cc1C)n2C. The predicted octanol–water partition coefficient (Wildman–Crippen LogP) is 4.83. The highest BCUT2D eigenvalue weighted by atomic mass is 35.5. The Morgan fingerprint density at radius 1 is 1.14 bits per heavy atom. The van der Waals surface area contributed by atoms with Gasteiger partial charge < -0.3 is 14.8 Å². The van der Waals surface area contributed by atoms with Gasteiger partial charge in [-0.05, 0) is 56.2 Å². The summed E-state index contributed by atoms with van der Waals surface area (Å²) in [5.41, 5.74) is 4.80. The van der Waals surface area contributed by atoms with Gasteiger partial charge in [0, 0.05) is 36.1 Å². The van der Waals surface area contributed by atoms with Gasteiger partial charge in [0.05, 0.1) is 11.2 Å². The summed E-state index contributed by atoms with van der Waals surface area (Å²) >= 11 is 6.03. The van der Waals surface area contributed by atoms with E-state index in [0.29, 0.717) is 35.1 Å². The fourth-order valence-electron chi connectivity index (χ4n) is 3.91. The van der Waals surface area contributed by atoms with Crippen LogP contribution in [0.5, 0.6) is 0 Å². The molecule has 4 rings (SSSR count). The van der Waals surface area contributed by atoms with Crippen molar-refractivity contribution in [2.24, 2.45) is 7.05 Å². The number of aromatic nitrogens is 1. The summed E-state index contributed by atoms with van der Waals surface area (Å²) in [6.07, 6.45) is 1.32. The van der Waals surface area contributed by atoms with Gasteiger partial charge in [-0.25, -0.2) is 0 Å². The van der Waals surface area contributed by atoms with Crippen LogP contribution in [0.15, 0.2) is 36.4 Å². The maximum atomic E-state index is 13.3. The molecule has 0 radical (unpaired) electrons. The molecule has 1 aromatic heterocycles. The zero-order valence-electron chi connectivity index (χ0n) is 16.2. The first-order valence-corrected chi connectivity index (χ1v) is 9.71. The Morgan fingerprint density at radius 3 is 2.61 bits per heavy atom. The first-order valence-electron chi connectivity index (χ1n) is 9.33. The molecule has 2 amide bonds. The molecule has 28 heavy (non-hydrogen) atoms. The normalized spacial score (nSPS) is 14.1. The number of hydrogen-bond acceptors (Lipinski definition) is 2. The smallest absolute Gasteiger partial charge is 0.274 e. The summed E-state index contributed by atoms with van der Waals surface area (Å²) in [6.45, 7) is 4.54. The minimum Gasteiger partial charge on any atom is -0.338 e. The number of benzene rings is 2. The highest BCUT2D eigenvalue weighted by molar-refractivity contribution is 6.30. The Morgan fingerprint density at radius 2 is 1.93 bits per heavy atom. The Labute approximate surface area is 168 Å². The molecule has 0 bridgehead atoms. The number of halogens is 1. The highest BCUT2D eigenvalue weighted by Crippen LogP contribution is 2.37. The molecule has 5 nitrogen and oxygen atoms in total. The van der Waals surface area contributed by atoms with E-state index in [0.717, 1.165) is 28.5 Å². The Hall–Kier alpha value is -2.79. The van der Waals surface area contributed by atoms with Crippen molar-refractivity contribution in [1.82, 2.24) is 4.57 Å². The number of hydrogen-bond donors (Lipinski definition) is 1.